The smallest absolute Gasteiger partial charge is 0.298 e. The summed E-state index contributed by atoms with van der Waals surface area (Å²) in [5.74, 6) is -8.52. The Balaban J connectivity index is 1.55. The number of nitrogens with zero attached hydrogens (tertiary/aromatic N) is 3. The van der Waals surface area contributed by atoms with Crippen LogP contribution in [0.5, 0.6) is 0 Å². The first-order chi connectivity index (χ1) is 20.6. The first-order valence-corrected chi connectivity index (χ1v) is 13.4. The second-order valence-corrected chi connectivity index (χ2v) is 10.6. The molecule has 2 aromatic carbocycles. The predicted molar refractivity (Wildman–Crippen MR) is 142 cm³/mol. The monoisotopic (exact) mass is 621 g/mol. The molecule has 1 aliphatic rings. The van der Waals surface area contributed by atoms with Crippen molar-refractivity contribution in [3.63, 3.8) is 0 Å². The van der Waals surface area contributed by atoms with Gasteiger partial charge in [-0.3, -0.25) is 19.3 Å². The Bertz CT molecular complexity index is 1740. The molecule has 0 amide bonds. The van der Waals surface area contributed by atoms with Crippen LogP contribution in [0.3, 0.4) is 0 Å². The lowest BCUT2D eigenvalue weighted by molar-refractivity contribution is -0.142. The lowest BCUT2D eigenvalue weighted by Crippen LogP contribution is -2.22. The SMILES string of the molecule is CC(=O)c1cc(-c2cccnc2[C@@H](CC(=O)Cn2nc(C(F)(F)F)c3c2C(F)(F)CC3)Cc2cc(F)cc(F)c2)ccc1F. The molecular weight excluding hydrogens is 598 g/mol. The van der Waals surface area contributed by atoms with Gasteiger partial charge in [0.05, 0.1) is 11.3 Å². The first-order valence-electron chi connectivity index (χ1n) is 13.4. The molecule has 0 radical (unpaired) electrons. The van der Waals surface area contributed by atoms with E-state index < -0.39 is 89.8 Å². The van der Waals surface area contributed by atoms with E-state index in [1.807, 2.05) is 0 Å². The number of hydrogen-bond acceptors (Lipinski definition) is 4. The Morgan fingerprint density at radius 3 is 2.39 bits per heavy atom. The lowest BCUT2D eigenvalue weighted by Gasteiger charge is -2.20. The van der Waals surface area contributed by atoms with Crippen LogP contribution in [0.25, 0.3) is 11.1 Å². The fraction of sp³-hybridized carbons (Fsp3) is 0.290. The maximum absolute atomic E-state index is 14.6. The third-order valence-electron chi connectivity index (χ3n) is 7.44. The van der Waals surface area contributed by atoms with E-state index in [1.54, 1.807) is 6.07 Å². The minimum absolute atomic E-state index is 0.117. The maximum atomic E-state index is 14.6. The summed E-state index contributed by atoms with van der Waals surface area (Å²) in [5.41, 5.74) is -2.34. The molecule has 2 heterocycles. The number of alkyl halides is 5. The number of pyridine rings is 1. The van der Waals surface area contributed by atoms with E-state index in [-0.39, 0.29) is 23.2 Å². The van der Waals surface area contributed by atoms with Gasteiger partial charge in [0.25, 0.3) is 5.92 Å². The van der Waals surface area contributed by atoms with E-state index in [0.717, 1.165) is 18.2 Å². The van der Waals surface area contributed by atoms with Crippen LogP contribution in [-0.4, -0.2) is 26.3 Å². The molecular formula is C31H23F8N3O2. The Morgan fingerprint density at radius 2 is 1.73 bits per heavy atom. The summed E-state index contributed by atoms with van der Waals surface area (Å²) in [5, 5.41) is 3.33. The van der Waals surface area contributed by atoms with Gasteiger partial charge < -0.3 is 0 Å². The zero-order valence-corrected chi connectivity index (χ0v) is 23.0. The number of hydrogen-bond donors (Lipinski definition) is 0. The van der Waals surface area contributed by atoms with Gasteiger partial charge in [-0.05, 0) is 61.2 Å². The number of halogens is 8. The standard InChI is InChI=1S/C31H23F8N3O2/c1-16(43)25-13-18(4-5-26(25)34)23-3-2-8-40-27(23)19(9-17-10-20(32)14-21(33)11-17)12-22(44)15-42-29-24(6-7-30(29,35)36)28(41-42)31(37,38)39/h2-5,8,10-11,13-14,19H,6-7,9,12,15H2,1H3/t19-/m1/s1. The van der Waals surface area contributed by atoms with Gasteiger partial charge in [0.2, 0.25) is 0 Å². The molecule has 2 aromatic heterocycles. The Kier molecular flexibility index (Phi) is 8.17. The largest absolute Gasteiger partial charge is 0.435 e. The number of carbonyl (C=O) groups excluding carboxylic acids is 2. The third kappa shape index (κ3) is 6.27. The topological polar surface area (TPSA) is 64.8 Å². The predicted octanol–water partition coefficient (Wildman–Crippen LogP) is 7.61. The summed E-state index contributed by atoms with van der Waals surface area (Å²) in [7, 11) is 0. The fourth-order valence-electron chi connectivity index (χ4n) is 5.62. The summed E-state index contributed by atoms with van der Waals surface area (Å²) in [4.78, 5) is 29.7. The summed E-state index contributed by atoms with van der Waals surface area (Å²) >= 11 is 0. The summed E-state index contributed by atoms with van der Waals surface area (Å²) in [6, 6.07) is 9.54. The molecule has 0 spiro atoms. The Morgan fingerprint density at radius 1 is 1.02 bits per heavy atom. The van der Waals surface area contributed by atoms with Gasteiger partial charge in [0.1, 0.15) is 29.7 Å². The number of Topliss-reactive ketones (excluding diaryl/α,β-unsaturated/α-hetero) is 2. The highest BCUT2D eigenvalue weighted by Crippen LogP contribution is 2.46. The molecule has 0 aliphatic heterocycles. The number of ketones is 2. The molecule has 0 unspecified atom stereocenters. The molecule has 230 valence electrons. The molecule has 0 saturated carbocycles. The second kappa shape index (κ2) is 11.6. The van der Waals surface area contributed by atoms with Crippen LogP contribution in [0.4, 0.5) is 35.1 Å². The summed E-state index contributed by atoms with van der Waals surface area (Å²) in [6.07, 6.45) is -5.75. The van der Waals surface area contributed by atoms with E-state index >= 15 is 0 Å². The van der Waals surface area contributed by atoms with Crippen LogP contribution in [0.2, 0.25) is 0 Å². The average Bonchev–Trinajstić information content (AvgIpc) is 3.45. The van der Waals surface area contributed by atoms with Gasteiger partial charge >= 0.3 is 6.18 Å². The van der Waals surface area contributed by atoms with Crippen molar-refractivity contribution in [1.29, 1.82) is 0 Å². The number of aromatic nitrogens is 3. The molecule has 0 fully saturated rings. The van der Waals surface area contributed by atoms with Gasteiger partial charge in [-0.2, -0.15) is 27.1 Å². The number of rotatable bonds is 9. The minimum atomic E-state index is -5.01. The van der Waals surface area contributed by atoms with Crippen LogP contribution in [-0.2, 0) is 36.3 Å². The quantitative estimate of drug-likeness (QED) is 0.143. The van der Waals surface area contributed by atoms with Gasteiger partial charge in [-0.1, -0.05) is 12.1 Å². The Hall–Kier alpha value is -4.42. The Labute approximate surface area is 245 Å². The average molecular weight is 622 g/mol. The number of fused-ring (bicyclic) bond motifs is 1. The van der Waals surface area contributed by atoms with E-state index in [2.05, 4.69) is 10.1 Å². The summed E-state index contributed by atoms with van der Waals surface area (Å²) < 4.78 is 113. The highest BCUT2D eigenvalue weighted by atomic mass is 19.4. The molecule has 5 rings (SSSR count). The first kappa shape index (κ1) is 31.0. The van der Waals surface area contributed by atoms with Gasteiger partial charge in [-0.15, -0.1) is 0 Å². The number of benzene rings is 2. The van der Waals surface area contributed by atoms with Crippen LogP contribution in [0, 0.1) is 17.5 Å². The zero-order chi connectivity index (χ0) is 32.0. The molecule has 5 nitrogen and oxygen atoms in total. The zero-order valence-electron chi connectivity index (χ0n) is 23.0. The van der Waals surface area contributed by atoms with Gasteiger partial charge in [-0.25, -0.2) is 13.2 Å². The molecule has 1 atom stereocenters. The van der Waals surface area contributed by atoms with Crippen molar-refractivity contribution in [1.82, 2.24) is 14.8 Å². The van der Waals surface area contributed by atoms with Crippen molar-refractivity contribution in [3.05, 3.63) is 106 Å². The number of carbonyl (C=O) groups is 2. The minimum Gasteiger partial charge on any atom is -0.298 e. The normalized spacial score (nSPS) is 14.8. The molecule has 13 heteroatoms. The third-order valence-corrected chi connectivity index (χ3v) is 7.44. The van der Waals surface area contributed by atoms with Crippen molar-refractivity contribution in [2.45, 2.75) is 57.2 Å². The second-order valence-electron chi connectivity index (χ2n) is 10.6. The molecule has 0 bridgehead atoms. The van der Waals surface area contributed by atoms with Crippen LogP contribution >= 0.6 is 0 Å². The molecule has 0 saturated heterocycles. The highest BCUT2D eigenvalue weighted by molar-refractivity contribution is 5.95. The fourth-order valence-corrected chi connectivity index (χ4v) is 5.62. The van der Waals surface area contributed by atoms with E-state index in [1.165, 1.54) is 31.3 Å². The molecule has 44 heavy (non-hydrogen) atoms. The highest BCUT2D eigenvalue weighted by Gasteiger charge is 2.50. The van der Waals surface area contributed by atoms with Crippen LogP contribution in [0.15, 0.2) is 54.7 Å². The van der Waals surface area contributed by atoms with Gasteiger partial charge in [0, 0.05) is 42.1 Å². The van der Waals surface area contributed by atoms with E-state index in [0.29, 0.717) is 21.9 Å². The molecule has 1 aliphatic carbocycles. The van der Waals surface area contributed by atoms with Crippen molar-refractivity contribution in [3.8, 4) is 11.1 Å². The van der Waals surface area contributed by atoms with Gasteiger partial charge in [0.15, 0.2) is 17.3 Å². The lowest BCUT2D eigenvalue weighted by atomic mass is 9.86. The van der Waals surface area contributed by atoms with Crippen molar-refractivity contribution in [2.75, 3.05) is 0 Å². The maximum Gasteiger partial charge on any atom is 0.435 e. The van der Waals surface area contributed by atoms with Crippen molar-refractivity contribution >= 4 is 11.6 Å². The molecule has 4 aromatic rings. The molecule has 0 N–H and O–H groups in total. The van der Waals surface area contributed by atoms with Crippen molar-refractivity contribution in [2.24, 2.45) is 0 Å². The summed E-state index contributed by atoms with van der Waals surface area (Å²) in [6.45, 7) is 0.251. The van der Waals surface area contributed by atoms with Crippen LogP contribution < -0.4 is 0 Å². The van der Waals surface area contributed by atoms with Crippen molar-refractivity contribution < 1.29 is 44.7 Å². The van der Waals surface area contributed by atoms with E-state index in [4.69, 9.17) is 0 Å². The van der Waals surface area contributed by atoms with Crippen LogP contribution in [0.1, 0.15) is 64.2 Å². The van der Waals surface area contributed by atoms with E-state index in [9.17, 15) is 44.7 Å².